The van der Waals surface area contributed by atoms with Crippen LogP contribution in [-0.2, 0) is 4.79 Å². The van der Waals surface area contributed by atoms with Crippen LogP contribution in [0.2, 0.25) is 0 Å². The van der Waals surface area contributed by atoms with Crippen LogP contribution in [0, 0.1) is 22.5 Å². The average Bonchev–Trinajstić information content (AvgIpc) is 2.98. The number of anilines is 1. The first-order valence-electron chi connectivity index (χ1n) is 8.63. The molecule has 4 rings (SSSR count). The number of hydrogen-bond acceptors (Lipinski definition) is 5. The molecule has 0 amide bonds. The summed E-state index contributed by atoms with van der Waals surface area (Å²) in [7, 11) is 0. The first-order valence-corrected chi connectivity index (χ1v) is 8.63. The maximum absolute atomic E-state index is 12.9. The monoisotopic (exact) mass is 352 g/mol. The van der Waals surface area contributed by atoms with Gasteiger partial charge in [-0.2, -0.15) is 5.10 Å². The van der Waals surface area contributed by atoms with E-state index >= 15 is 0 Å². The maximum Gasteiger partial charge on any atom is 0.269 e. The highest BCUT2D eigenvalue weighted by Crippen LogP contribution is 2.53. The highest BCUT2D eigenvalue weighted by atomic mass is 16.6. The van der Waals surface area contributed by atoms with Crippen molar-refractivity contribution in [2.45, 2.75) is 39.7 Å². The molecule has 1 aliphatic heterocycles. The molecule has 2 heterocycles. The summed E-state index contributed by atoms with van der Waals surface area (Å²) in [5, 5.41) is 21.7. The number of ketones is 1. The van der Waals surface area contributed by atoms with Gasteiger partial charge >= 0.3 is 0 Å². The fraction of sp³-hybridized carbons (Fsp3) is 0.368. The summed E-state index contributed by atoms with van der Waals surface area (Å²) >= 11 is 0. The second-order valence-corrected chi connectivity index (χ2v) is 7.59. The predicted molar refractivity (Wildman–Crippen MR) is 97.7 cm³/mol. The van der Waals surface area contributed by atoms with E-state index in [-0.39, 0.29) is 22.9 Å². The number of aromatic nitrogens is 2. The Morgan fingerprint density at radius 3 is 2.62 bits per heavy atom. The van der Waals surface area contributed by atoms with Crippen molar-refractivity contribution in [3.05, 3.63) is 56.8 Å². The number of aryl methyl sites for hydroxylation is 1. The zero-order valence-electron chi connectivity index (χ0n) is 14.9. The summed E-state index contributed by atoms with van der Waals surface area (Å²) < 4.78 is 0. The number of nitro groups is 1. The molecule has 0 unspecified atom stereocenters. The van der Waals surface area contributed by atoms with Gasteiger partial charge in [-0.1, -0.05) is 13.8 Å². The first-order chi connectivity index (χ1) is 12.3. The summed E-state index contributed by atoms with van der Waals surface area (Å²) in [5.74, 6) is 0.855. The van der Waals surface area contributed by atoms with Gasteiger partial charge < -0.3 is 5.32 Å². The highest BCUT2D eigenvalue weighted by molar-refractivity contribution is 6.09. The number of allylic oxidation sites excluding steroid dienone is 1. The van der Waals surface area contributed by atoms with Crippen molar-refractivity contribution in [1.29, 1.82) is 0 Å². The van der Waals surface area contributed by atoms with Gasteiger partial charge in [0.1, 0.15) is 0 Å². The molecule has 0 radical (unpaired) electrons. The quantitative estimate of drug-likeness (QED) is 0.630. The van der Waals surface area contributed by atoms with Gasteiger partial charge in [0.2, 0.25) is 0 Å². The number of rotatable bonds is 2. The average molecular weight is 352 g/mol. The van der Waals surface area contributed by atoms with Gasteiger partial charge in [0.15, 0.2) is 11.6 Å². The highest BCUT2D eigenvalue weighted by Gasteiger charge is 2.43. The number of nitrogens with one attached hydrogen (secondary N) is 2. The third kappa shape index (κ3) is 2.34. The van der Waals surface area contributed by atoms with Crippen molar-refractivity contribution in [1.82, 2.24) is 10.2 Å². The number of H-pyrrole nitrogens is 1. The number of fused-ring (bicyclic) bond motifs is 2. The molecule has 0 saturated carbocycles. The van der Waals surface area contributed by atoms with Crippen LogP contribution in [0.4, 0.5) is 11.5 Å². The SMILES string of the molecule is Cc1[nH]nc2c1C1=C(C(=O)CCC1(C)C)[C@@H](c1ccc([N+](=O)[O-])cc1)N2. The lowest BCUT2D eigenvalue weighted by atomic mass is 9.66. The number of nitrogens with zero attached hydrogens (tertiary/aromatic N) is 2. The Bertz CT molecular complexity index is 954. The van der Waals surface area contributed by atoms with Crippen molar-refractivity contribution in [3.8, 4) is 0 Å². The molecule has 2 aromatic rings. The molecule has 1 atom stereocenters. The Morgan fingerprint density at radius 2 is 1.96 bits per heavy atom. The van der Waals surface area contributed by atoms with Gasteiger partial charge in [-0.25, -0.2) is 0 Å². The number of nitro benzene ring substituents is 1. The molecule has 7 heteroatoms. The fourth-order valence-corrected chi connectivity index (χ4v) is 4.05. The van der Waals surface area contributed by atoms with E-state index in [0.29, 0.717) is 6.42 Å². The Hall–Kier alpha value is -2.96. The lowest BCUT2D eigenvalue weighted by molar-refractivity contribution is -0.384. The van der Waals surface area contributed by atoms with E-state index in [0.717, 1.165) is 40.2 Å². The Kier molecular flexibility index (Phi) is 3.50. The lowest BCUT2D eigenvalue weighted by Gasteiger charge is -2.40. The molecule has 2 aliphatic rings. The summed E-state index contributed by atoms with van der Waals surface area (Å²) in [6.45, 7) is 6.27. The van der Waals surface area contributed by atoms with Crippen molar-refractivity contribution >= 4 is 22.9 Å². The van der Waals surface area contributed by atoms with Crippen molar-refractivity contribution < 1.29 is 9.72 Å². The van der Waals surface area contributed by atoms with Crippen LogP contribution in [0.25, 0.3) is 5.57 Å². The Labute approximate surface area is 150 Å². The minimum atomic E-state index is -0.424. The molecular weight excluding hydrogens is 332 g/mol. The van der Waals surface area contributed by atoms with Gasteiger partial charge in [-0.15, -0.1) is 0 Å². The molecule has 7 nitrogen and oxygen atoms in total. The van der Waals surface area contributed by atoms with Crippen LogP contribution in [0.15, 0.2) is 29.8 Å². The third-order valence-corrected chi connectivity index (χ3v) is 5.43. The summed E-state index contributed by atoms with van der Waals surface area (Å²) in [4.78, 5) is 23.4. The third-order valence-electron chi connectivity index (χ3n) is 5.43. The summed E-state index contributed by atoms with van der Waals surface area (Å²) in [6.07, 6.45) is 1.30. The topological polar surface area (TPSA) is 101 Å². The van der Waals surface area contributed by atoms with E-state index in [1.807, 2.05) is 6.92 Å². The molecule has 0 spiro atoms. The Balaban J connectivity index is 1.92. The standard InChI is InChI=1S/C19H20N4O3/c1-10-14-16-15(13(24)8-9-19(16,2)3)17(20-18(14)22-21-10)11-4-6-12(7-5-11)23(25)26/h4-7,17H,8-9H2,1-3H3,(H2,20,21,22)/t17-/m1/s1. The summed E-state index contributed by atoms with van der Waals surface area (Å²) in [5.41, 5.74) is 4.42. The van der Waals surface area contributed by atoms with Crippen LogP contribution in [0.1, 0.15) is 49.6 Å². The largest absolute Gasteiger partial charge is 0.357 e. The van der Waals surface area contributed by atoms with Crippen molar-refractivity contribution in [2.75, 3.05) is 5.32 Å². The minimum Gasteiger partial charge on any atom is -0.357 e. The van der Waals surface area contributed by atoms with Crippen LogP contribution in [-0.4, -0.2) is 20.9 Å². The van der Waals surface area contributed by atoms with E-state index in [1.54, 1.807) is 12.1 Å². The van der Waals surface area contributed by atoms with Crippen LogP contribution >= 0.6 is 0 Å². The molecule has 2 N–H and O–H groups in total. The number of hydrogen-bond donors (Lipinski definition) is 2. The van der Waals surface area contributed by atoms with Gasteiger partial charge in [0, 0.05) is 35.4 Å². The van der Waals surface area contributed by atoms with Crippen LogP contribution in [0.5, 0.6) is 0 Å². The first kappa shape index (κ1) is 16.5. The van der Waals surface area contributed by atoms with Crippen molar-refractivity contribution in [3.63, 3.8) is 0 Å². The van der Waals surface area contributed by atoms with Gasteiger partial charge in [0.25, 0.3) is 5.69 Å². The molecule has 0 saturated heterocycles. The van der Waals surface area contributed by atoms with Crippen LogP contribution in [0.3, 0.4) is 0 Å². The lowest BCUT2D eigenvalue weighted by Crippen LogP contribution is -2.33. The number of benzene rings is 1. The molecule has 134 valence electrons. The zero-order valence-corrected chi connectivity index (χ0v) is 14.9. The van der Waals surface area contributed by atoms with E-state index in [4.69, 9.17) is 0 Å². The molecule has 26 heavy (non-hydrogen) atoms. The smallest absolute Gasteiger partial charge is 0.269 e. The molecule has 1 aliphatic carbocycles. The van der Waals surface area contributed by atoms with Crippen molar-refractivity contribution in [2.24, 2.45) is 5.41 Å². The normalized spacial score (nSPS) is 21.0. The number of carbonyl (C=O) groups excluding carboxylic acids is 1. The minimum absolute atomic E-state index is 0.0327. The van der Waals surface area contributed by atoms with E-state index < -0.39 is 4.92 Å². The summed E-state index contributed by atoms with van der Waals surface area (Å²) in [6, 6.07) is 6.01. The van der Waals surface area contributed by atoms with Gasteiger partial charge in [-0.3, -0.25) is 20.0 Å². The number of carbonyl (C=O) groups is 1. The fourth-order valence-electron chi connectivity index (χ4n) is 4.05. The second kappa shape index (κ2) is 5.52. The molecule has 0 bridgehead atoms. The number of non-ortho nitro benzene ring substituents is 1. The van der Waals surface area contributed by atoms with E-state index in [9.17, 15) is 14.9 Å². The molecule has 1 aromatic heterocycles. The van der Waals surface area contributed by atoms with Crippen LogP contribution < -0.4 is 5.32 Å². The Morgan fingerprint density at radius 1 is 1.27 bits per heavy atom. The predicted octanol–water partition coefficient (Wildman–Crippen LogP) is 3.94. The van der Waals surface area contributed by atoms with E-state index in [2.05, 4.69) is 29.4 Å². The maximum atomic E-state index is 12.9. The molecular formula is C19H20N4O3. The van der Waals surface area contributed by atoms with E-state index in [1.165, 1.54) is 12.1 Å². The van der Waals surface area contributed by atoms with Gasteiger partial charge in [0.05, 0.1) is 11.0 Å². The molecule has 1 aromatic carbocycles. The molecule has 0 fully saturated rings. The number of Topliss-reactive ketones (excluding diaryl/α,β-unsaturated/α-hetero) is 1. The zero-order chi connectivity index (χ0) is 18.6. The van der Waals surface area contributed by atoms with Gasteiger partial charge in [-0.05, 0) is 42.0 Å². The second-order valence-electron chi connectivity index (χ2n) is 7.59. The number of aromatic amines is 1.